The minimum atomic E-state index is -0.245. The molecule has 0 amide bonds. The molecule has 0 fully saturated rings. The Morgan fingerprint density at radius 2 is 1.81 bits per heavy atom. The van der Waals surface area contributed by atoms with Crippen LogP contribution in [0.5, 0.6) is 5.75 Å². The summed E-state index contributed by atoms with van der Waals surface area (Å²) in [5.41, 5.74) is 1.89. The number of aromatic nitrogens is 2. The van der Waals surface area contributed by atoms with Gasteiger partial charge >= 0.3 is 0 Å². The predicted molar refractivity (Wildman–Crippen MR) is 129 cm³/mol. The second-order valence-corrected chi connectivity index (χ2v) is 8.42. The molecular weight excluding hydrogens is 478 g/mol. The highest BCUT2D eigenvalue weighted by molar-refractivity contribution is 9.10. The lowest BCUT2D eigenvalue weighted by Crippen LogP contribution is -2.20. The van der Waals surface area contributed by atoms with Gasteiger partial charge in [-0.25, -0.2) is 4.98 Å². The lowest BCUT2D eigenvalue weighted by Gasteiger charge is -2.14. The molecule has 0 unspecified atom stereocenters. The lowest BCUT2D eigenvalue weighted by molar-refractivity contribution is 0.241. The first-order valence-corrected chi connectivity index (χ1v) is 10.9. The minimum Gasteiger partial charge on any atom is -0.488 e. The quantitative estimate of drug-likeness (QED) is 0.311. The molecule has 0 aliphatic rings. The number of ether oxygens (including phenoxy) is 1. The molecule has 0 radical (unpaired) electrons. The molecule has 1 heterocycles. The number of rotatable bonds is 5. The highest BCUT2D eigenvalue weighted by Crippen LogP contribution is 2.34. The van der Waals surface area contributed by atoms with Crippen LogP contribution < -0.4 is 10.3 Å². The van der Waals surface area contributed by atoms with Gasteiger partial charge in [-0.1, -0.05) is 54.1 Å². The topological polar surface area (TPSA) is 56.5 Å². The largest absolute Gasteiger partial charge is 0.488 e. The lowest BCUT2D eigenvalue weighted by atomic mass is 10.2. The molecule has 31 heavy (non-hydrogen) atoms. The molecule has 1 aromatic heterocycles. The van der Waals surface area contributed by atoms with E-state index < -0.39 is 0 Å². The van der Waals surface area contributed by atoms with Gasteiger partial charge < -0.3 is 4.74 Å². The molecule has 0 bridgehead atoms. The van der Waals surface area contributed by atoms with Crippen molar-refractivity contribution < 1.29 is 4.74 Å². The molecule has 7 heteroatoms. The van der Waals surface area contributed by atoms with Crippen molar-refractivity contribution in [3.05, 3.63) is 92.1 Å². The van der Waals surface area contributed by atoms with Crippen LogP contribution in [0, 0.1) is 0 Å². The van der Waals surface area contributed by atoms with Gasteiger partial charge in [0.15, 0.2) is 11.6 Å². The number of halogens is 2. The van der Waals surface area contributed by atoms with Gasteiger partial charge in [-0.2, -0.15) is 9.78 Å². The summed E-state index contributed by atoms with van der Waals surface area (Å²) in [4.78, 5) is 17.9. The van der Waals surface area contributed by atoms with Gasteiger partial charge in [0.25, 0.3) is 5.56 Å². The minimum absolute atomic E-state index is 0.0102. The molecule has 0 saturated heterocycles. The van der Waals surface area contributed by atoms with Gasteiger partial charge in [-0.05, 0) is 59.6 Å². The Morgan fingerprint density at radius 1 is 1.10 bits per heavy atom. The molecule has 5 nitrogen and oxygen atoms in total. The fraction of sp³-hybridized carbons (Fsp3) is 0.125. The predicted octanol–water partition coefficient (Wildman–Crippen LogP) is 6.15. The number of para-hydroxylation sites is 1. The first-order valence-electron chi connectivity index (χ1n) is 9.71. The molecule has 0 aliphatic heterocycles. The van der Waals surface area contributed by atoms with E-state index >= 15 is 0 Å². The molecule has 156 valence electrons. The molecule has 0 atom stereocenters. The first kappa shape index (κ1) is 21.3. The van der Waals surface area contributed by atoms with E-state index in [9.17, 15) is 4.79 Å². The Hall–Kier alpha value is -2.96. The van der Waals surface area contributed by atoms with E-state index in [-0.39, 0.29) is 11.7 Å². The zero-order valence-electron chi connectivity index (χ0n) is 16.9. The van der Waals surface area contributed by atoms with Crippen LogP contribution in [0.2, 0.25) is 5.02 Å². The molecule has 0 N–H and O–H groups in total. The zero-order valence-corrected chi connectivity index (χ0v) is 19.3. The third-order valence-electron chi connectivity index (χ3n) is 4.48. The van der Waals surface area contributed by atoms with Gasteiger partial charge in [0.05, 0.1) is 32.7 Å². The van der Waals surface area contributed by atoms with Crippen molar-refractivity contribution in [3.63, 3.8) is 0 Å². The molecule has 0 aliphatic carbocycles. The first-order chi connectivity index (χ1) is 14.9. The second kappa shape index (κ2) is 9.04. The smallest absolute Gasteiger partial charge is 0.282 e. The summed E-state index contributed by atoms with van der Waals surface area (Å²) < 4.78 is 7.78. The van der Waals surface area contributed by atoms with Crippen molar-refractivity contribution in [2.75, 3.05) is 0 Å². The zero-order chi connectivity index (χ0) is 22.0. The molecule has 3 aromatic carbocycles. The SMILES string of the molecule is CC(C)Oc1c(Cl)cc(C=Nn2c(-c3ccccc3)nc3ccccc3c2=O)cc1Br. The van der Waals surface area contributed by atoms with Crippen molar-refractivity contribution >= 4 is 44.6 Å². The van der Waals surface area contributed by atoms with E-state index in [1.54, 1.807) is 18.3 Å². The van der Waals surface area contributed by atoms with Gasteiger partial charge in [-0.15, -0.1) is 0 Å². The van der Waals surface area contributed by atoms with Crippen LogP contribution in [0.25, 0.3) is 22.3 Å². The van der Waals surface area contributed by atoms with Gasteiger partial charge in [0, 0.05) is 5.56 Å². The van der Waals surface area contributed by atoms with Gasteiger partial charge in [0.1, 0.15) is 0 Å². The fourth-order valence-electron chi connectivity index (χ4n) is 3.13. The number of fused-ring (bicyclic) bond motifs is 1. The van der Waals surface area contributed by atoms with E-state index in [1.165, 1.54) is 4.68 Å². The Balaban J connectivity index is 1.84. The van der Waals surface area contributed by atoms with Crippen molar-refractivity contribution in [1.82, 2.24) is 9.66 Å². The van der Waals surface area contributed by atoms with Crippen molar-refractivity contribution in [1.29, 1.82) is 0 Å². The average molecular weight is 497 g/mol. The maximum absolute atomic E-state index is 13.2. The highest BCUT2D eigenvalue weighted by Gasteiger charge is 2.13. The number of nitrogens with zero attached hydrogens (tertiary/aromatic N) is 3. The van der Waals surface area contributed by atoms with E-state index in [1.807, 2.05) is 68.4 Å². The van der Waals surface area contributed by atoms with Gasteiger partial charge in [0.2, 0.25) is 0 Å². The number of benzene rings is 3. The maximum Gasteiger partial charge on any atom is 0.282 e. The van der Waals surface area contributed by atoms with Crippen LogP contribution in [-0.4, -0.2) is 22.0 Å². The Bertz CT molecular complexity index is 1310. The van der Waals surface area contributed by atoms with Crippen molar-refractivity contribution in [2.45, 2.75) is 20.0 Å². The summed E-state index contributed by atoms with van der Waals surface area (Å²) in [6.45, 7) is 3.87. The van der Waals surface area contributed by atoms with E-state index in [0.29, 0.717) is 37.5 Å². The van der Waals surface area contributed by atoms with Crippen LogP contribution in [0.15, 0.2) is 81.1 Å². The van der Waals surface area contributed by atoms with Crippen LogP contribution in [0.3, 0.4) is 0 Å². The number of hydrogen-bond donors (Lipinski definition) is 0. The van der Waals surface area contributed by atoms with E-state index in [2.05, 4.69) is 21.0 Å². The summed E-state index contributed by atoms with van der Waals surface area (Å²) in [7, 11) is 0. The monoisotopic (exact) mass is 495 g/mol. The van der Waals surface area contributed by atoms with Gasteiger partial charge in [-0.3, -0.25) is 4.79 Å². The molecular formula is C24H19BrClN3O2. The summed E-state index contributed by atoms with van der Waals surface area (Å²) in [6.07, 6.45) is 1.57. The molecule has 4 aromatic rings. The normalized spacial score (nSPS) is 11.5. The third kappa shape index (κ3) is 4.55. The van der Waals surface area contributed by atoms with Crippen LogP contribution in [-0.2, 0) is 0 Å². The fourth-order valence-corrected chi connectivity index (χ4v) is 4.09. The number of hydrogen-bond acceptors (Lipinski definition) is 4. The van der Waals surface area contributed by atoms with Crippen LogP contribution >= 0.6 is 27.5 Å². The molecule has 0 saturated carbocycles. The highest BCUT2D eigenvalue weighted by atomic mass is 79.9. The Morgan fingerprint density at radius 3 is 2.52 bits per heavy atom. The molecule has 4 rings (SSSR count). The van der Waals surface area contributed by atoms with Crippen molar-refractivity contribution in [3.8, 4) is 17.1 Å². The summed E-state index contributed by atoms with van der Waals surface area (Å²) in [5.74, 6) is 1.04. The van der Waals surface area contributed by atoms with Crippen LogP contribution in [0.1, 0.15) is 19.4 Å². The van der Waals surface area contributed by atoms with Crippen LogP contribution in [0.4, 0.5) is 0 Å². The standard InChI is InChI=1S/C24H19BrClN3O2/c1-15(2)31-22-19(25)12-16(13-20(22)26)14-27-29-23(17-8-4-3-5-9-17)28-21-11-7-6-10-18(21)24(29)30/h3-15H,1-2H3. The summed E-state index contributed by atoms with van der Waals surface area (Å²) in [6, 6.07) is 20.3. The summed E-state index contributed by atoms with van der Waals surface area (Å²) in [5, 5.41) is 5.43. The van der Waals surface area contributed by atoms with Crippen molar-refractivity contribution in [2.24, 2.45) is 5.10 Å². The van der Waals surface area contributed by atoms with E-state index in [0.717, 1.165) is 5.56 Å². The summed E-state index contributed by atoms with van der Waals surface area (Å²) >= 11 is 9.90. The Labute approximate surface area is 193 Å². The van der Waals surface area contributed by atoms with E-state index in [4.69, 9.17) is 21.3 Å². The Kier molecular flexibility index (Phi) is 6.20. The third-order valence-corrected chi connectivity index (χ3v) is 5.35. The average Bonchev–Trinajstić information content (AvgIpc) is 2.76. The maximum atomic E-state index is 13.2. The molecule has 0 spiro atoms. The second-order valence-electron chi connectivity index (χ2n) is 7.16.